The lowest BCUT2D eigenvalue weighted by Gasteiger charge is -2.23. The number of aliphatic hydroxyl groups excluding tert-OH is 1. The predicted molar refractivity (Wildman–Crippen MR) is 67.0 cm³/mol. The molecule has 1 N–H and O–H groups in total. The zero-order valence-electron chi connectivity index (χ0n) is 10.6. The van der Waals surface area contributed by atoms with Gasteiger partial charge < -0.3 is 10.0 Å². The van der Waals surface area contributed by atoms with E-state index in [4.69, 9.17) is 0 Å². The number of rotatable bonds is 1. The predicted octanol–water partition coefficient (Wildman–Crippen LogP) is 1.81. The highest BCUT2D eigenvalue weighted by atomic mass is 19.1. The molecule has 2 heterocycles. The van der Waals surface area contributed by atoms with Crippen molar-refractivity contribution in [2.45, 2.75) is 49.3 Å². The number of halogens is 1. The molecule has 2 saturated heterocycles. The van der Waals surface area contributed by atoms with Gasteiger partial charge >= 0.3 is 0 Å². The maximum atomic E-state index is 13.0. The van der Waals surface area contributed by atoms with Gasteiger partial charge in [-0.1, -0.05) is 18.6 Å². The molecule has 3 aliphatic rings. The van der Waals surface area contributed by atoms with Gasteiger partial charge in [-0.05, 0) is 30.5 Å². The Kier molecular flexibility index (Phi) is 2.14. The van der Waals surface area contributed by atoms with Crippen LogP contribution in [0.25, 0.3) is 0 Å². The second-order valence-corrected chi connectivity index (χ2v) is 5.96. The van der Waals surface area contributed by atoms with Crippen LogP contribution in [0.5, 0.6) is 0 Å². The van der Waals surface area contributed by atoms with Gasteiger partial charge in [0.05, 0.1) is 11.6 Å². The number of benzene rings is 1. The average molecular weight is 261 g/mol. The Morgan fingerprint density at radius 2 is 2.05 bits per heavy atom. The molecular weight excluding hydrogens is 245 g/mol. The summed E-state index contributed by atoms with van der Waals surface area (Å²) < 4.78 is 13.0. The zero-order valence-corrected chi connectivity index (χ0v) is 10.6. The zero-order chi connectivity index (χ0) is 13.2. The average Bonchev–Trinajstić information content (AvgIpc) is 2.69. The minimum Gasteiger partial charge on any atom is -0.383 e. The van der Waals surface area contributed by atoms with Crippen molar-refractivity contribution in [3.8, 4) is 0 Å². The van der Waals surface area contributed by atoms with Gasteiger partial charge in [-0.15, -0.1) is 0 Å². The maximum Gasteiger partial charge on any atom is 0.252 e. The van der Waals surface area contributed by atoms with Crippen molar-refractivity contribution in [3.63, 3.8) is 0 Å². The molecule has 1 aromatic carbocycles. The van der Waals surface area contributed by atoms with Crippen LogP contribution in [0.2, 0.25) is 0 Å². The van der Waals surface area contributed by atoms with Crippen LogP contribution in [0.4, 0.5) is 4.39 Å². The molecule has 4 heteroatoms. The number of fused-ring (bicyclic) bond motifs is 3. The van der Waals surface area contributed by atoms with Crippen molar-refractivity contribution in [1.82, 2.24) is 4.90 Å². The highest BCUT2D eigenvalue weighted by Crippen LogP contribution is 2.63. The first-order valence-electron chi connectivity index (χ1n) is 6.91. The molecule has 19 heavy (non-hydrogen) atoms. The van der Waals surface area contributed by atoms with Crippen LogP contribution in [0, 0.1) is 5.82 Å². The molecular formula is C15H16FNO2. The quantitative estimate of drug-likeness (QED) is 0.783. The van der Waals surface area contributed by atoms with E-state index in [-0.39, 0.29) is 23.3 Å². The lowest BCUT2D eigenvalue weighted by Crippen LogP contribution is -2.34. The third-order valence-corrected chi connectivity index (χ3v) is 5.18. The molecule has 100 valence electrons. The van der Waals surface area contributed by atoms with Crippen molar-refractivity contribution in [3.05, 3.63) is 35.6 Å². The minimum atomic E-state index is -0.801. The number of carbonyl (C=O) groups is 1. The topological polar surface area (TPSA) is 40.3 Å². The summed E-state index contributed by atoms with van der Waals surface area (Å²) in [4.78, 5) is 13.8. The maximum absolute atomic E-state index is 13.0. The number of nitrogens with zero attached hydrogens (tertiary/aromatic N) is 1. The Balaban J connectivity index is 1.68. The van der Waals surface area contributed by atoms with Crippen molar-refractivity contribution in [2.24, 2.45) is 0 Å². The van der Waals surface area contributed by atoms with E-state index in [1.54, 1.807) is 0 Å². The van der Waals surface area contributed by atoms with E-state index in [0.717, 1.165) is 24.8 Å². The molecule has 1 aliphatic carbocycles. The summed E-state index contributed by atoms with van der Waals surface area (Å²) in [7, 11) is 0. The Labute approximate surface area is 111 Å². The van der Waals surface area contributed by atoms with Gasteiger partial charge in [0, 0.05) is 12.3 Å². The van der Waals surface area contributed by atoms with Crippen LogP contribution in [-0.4, -0.2) is 33.6 Å². The van der Waals surface area contributed by atoms with Crippen LogP contribution >= 0.6 is 0 Å². The number of hydrogen-bond donors (Lipinski definition) is 1. The molecule has 3 nitrogen and oxygen atoms in total. The van der Waals surface area contributed by atoms with Crippen LogP contribution < -0.4 is 0 Å². The van der Waals surface area contributed by atoms with Crippen LogP contribution in [0.1, 0.15) is 37.2 Å². The third-order valence-electron chi connectivity index (χ3n) is 5.18. The van der Waals surface area contributed by atoms with E-state index < -0.39 is 6.10 Å². The van der Waals surface area contributed by atoms with Crippen molar-refractivity contribution in [1.29, 1.82) is 0 Å². The highest BCUT2D eigenvalue weighted by Gasteiger charge is 2.73. The molecule has 0 radical (unpaired) electrons. The molecule has 0 bridgehead atoms. The number of carbonyl (C=O) groups excluding carboxylic acids is 1. The fourth-order valence-corrected chi connectivity index (χ4v) is 4.40. The van der Waals surface area contributed by atoms with Crippen molar-refractivity contribution >= 4 is 5.91 Å². The monoisotopic (exact) mass is 261 g/mol. The first-order valence-corrected chi connectivity index (χ1v) is 6.91. The van der Waals surface area contributed by atoms with Gasteiger partial charge in [0.2, 0.25) is 0 Å². The summed E-state index contributed by atoms with van der Waals surface area (Å²) in [6.45, 7) is 0. The number of amides is 1. The summed E-state index contributed by atoms with van der Waals surface area (Å²) in [5.74, 6) is -0.0350. The van der Waals surface area contributed by atoms with Gasteiger partial charge in [0.15, 0.2) is 0 Å². The van der Waals surface area contributed by atoms with Crippen LogP contribution in [0.3, 0.4) is 0 Å². The lowest BCUT2D eigenvalue weighted by molar-refractivity contribution is -0.133. The minimum absolute atomic E-state index is 0.0753. The Bertz CT molecular complexity index is 544. The van der Waals surface area contributed by atoms with E-state index in [1.165, 1.54) is 12.1 Å². The van der Waals surface area contributed by atoms with Gasteiger partial charge in [0.25, 0.3) is 5.91 Å². The lowest BCUT2D eigenvalue weighted by atomic mass is 9.83. The molecule has 4 atom stereocenters. The number of aliphatic hydroxyl groups is 1. The fraction of sp³-hybridized carbons (Fsp3) is 0.533. The molecule has 3 fully saturated rings. The summed E-state index contributed by atoms with van der Waals surface area (Å²) in [5, 5.41) is 9.59. The summed E-state index contributed by atoms with van der Waals surface area (Å²) in [6.07, 6.45) is 2.92. The number of hydrogen-bond acceptors (Lipinski definition) is 2. The van der Waals surface area contributed by atoms with E-state index in [2.05, 4.69) is 0 Å². The molecule has 3 unspecified atom stereocenters. The van der Waals surface area contributed by atoms with E-state index in [9.17, 15) is 14.3 Å². The standard InChI is InChI=1S/C15H16FNO2/c16-10-5-3-9(4-6-10)11-2-1-7-15(11)13-8-12(18)14(19)17(13)15/h3-6,11-13,18H,1-2,7-8H2/t11?,12?,13-,15?,17?/m1/s1. The third kappa shape index (κ3) is 1.32. The SMILES string of the molecule is O=C1C(O)C[C@H]2N1C21CCCC1c1ccc(F)cc1. The first kappa shape index (κ1) is 11.4. The van der Waals surface area contributed by atoms with Crippen LogP contribution in [0.15, 0.2) is 24.3 Å². The molecule has 4 rings (SSSR count). The Hall–Kier alpha value is -1.42. The van der Waals surface area contributed by atoms with Gasteiger partial charge in [-0.2, -0.15) is 0 Å². The van der Waals surface area contributed by atoms with E-state index in [1.807, 2.05) is 17.0 Å². The largest absolute Gasteiger partial charge is 0.383 e. The molecule has 2 aliphatic heterocycles. The van der Waals surface area contributed by atoms with Gasteiger partial charge in [-0.25, -0.2) is 4.39 Å². The summed E-state index contributed by atoms with van der Waals surface area (Å²) in [5.41, 5.74) is 1.05. The first-order chi connectivity index (χ1) is 9.14. The van der Waals surface area contributed by atoms with Crippen molar-refractivity contribution in [2.75, 3.05) is 0 Å². The Morgan fingerprint density at radius 3 is 2.68 bits per heavy atom. The highest BCUT2D eigenvalue weighted by molar-refractivity contribution is 5.89. The number of piperidine rings is 1. The van der Waals surface area contributed by atoms with Crippen molar-refractivity contribution < 1.29 is 14.3 Å². The smallest absolute Gasteiger partial charge is 0.252 e. The molecule has 0 aromatic heterocycles. The Morgan fingerprint density at radius 1 is 1.32 bits per heavy atom. The summed E-state index contributed by atoms with van der Waals surface area (Å²) in [6, 6.07) is 6.86. The second kappa shape index (κ2) is 3.57. The molecule has 1 saturated carbocycles. The van der Waals surface area contributed by atoms with Gasteiger partial charge in [-0.3, -0.25) is 4.79 Å². The normalized spacial score (nSPS) is 40.0. The van der Waals surface area contributed by atoms with Crippen LogP contribution in [-0.2, 0) is 4.79 Å². The fourth-order valence-electron chi connectivity index (χ4n) is 4.40. The van der Waals surface area contributed by atoms with Gasteiger partial charge in [0.1, 0.15) is 11.9 Å². The van der Waals surface area contributed by atoms with E-state index >= 15 is 0 Å². The molecule has 1 spiro atoms. The summed E-state index contributed by atoms with van der Waals surface area (Å²) >= 11 is 0. The molecule has 1 aromatic rings. The second-order valence-electron chi connectivity index (χ2n) is 5.96. The molecule has 1 amide bonds. The van der Waals surface area contributed by atoms with E-state index in [0.29, 0.717) is 12.3 Å².